The largest absolute Gasteiger partial charge is 0.394 e. The van der Waals surface area contributed by atoms with Gasteiger partial charge < -0.3 is 14.7 Å². The number of ether oxygens (including phenoxy) is 1. The summed E-state index contributed by atoms with van der Waals surface area (Å²) < 4.78 is 8.20. The summed E-state index contributed by atoms with van der Waals surface area (Å²) in [6, 6.07) is 10.1. The number of hydrogen-bond acceptors (Lipinski definition) is 6. The lowest BCUT2D eigenvalue weighted by molar-refractivity contribution is -0.136. The average molecular weight is 430 g/mol. The molecule has 170 valence electrons. The van der Waals surface area contributed by atoms with Crippen molar-refractivity contribution in [2.75, 3.05) is 26.7 Å². The number of nitrogens with zero attached hydrogens (tertiary/aromatic N) is 5. The molecule has 1 aromatic carbocycles. The van der Waals surface area contributed by atoms with E-state index in [9.17, 15) is 9.90 Å². The second kappa shape index (κ2) is 11.4. The summed E-state index contributed by atoms with van der Waals surface area (Å²) >= 11 is 0. The fourth-order valence-corrected chi connectivity index (χ4v) is 4.01. The highest BCUT2D eigenvalue weighted by Gasteiger charge is 2.28. The summed E-state index contributed by atoms with van der Waals surface area (Å²) in [5.41, 5.74) is 2.18. The van der Waals surface area contributed by atoms with Crippen LogP contribution in [0.25, 0.3) is 0 Å². The molecule has 3 rings (SSSR count). The number of aromatic nitrogens is 3. The minimum absolute atomic E-state index is 0.0505. The molecule has 0 radical (unpaired) electrons. The van der Waals surface area contributed by atoms with E-state index in [2.05, 4.69) is 41.3 Å². The summed E-state index contributed by atoms with van der Waals surface area (Å²) in [6.07, 6.45) is 2.76. The molecule has 1 amide bonds. The monoisotopic (exact) mass is 429 g/mol. The van der Waals surface area contributed by atoms with Crippen LogP contribution in [-0.2, 0) is 29.2 Å². The van der Waals surface area contributed by atoms with Crippen LogP contribution in [0.5, 0.6) is 0 Å². The van der Waals surface area contributed by atoms with E-state index < -0.39 is 0 Å². The predicted molar refractivity (Wildman–Crippen MR) is 118 cm³/mol. The quantitative estimate of drug-likeness (QED) is 0.756. The number of rotatable bonds is 6. The van der Waals surface area contributed by atoms with Gasteiger partial charge in [-0.1, -0.05) is 42.5 Å². The standard InChI is InChI=1S/C23H35N5O3/c1-18-13-27(19(2)16-29)23(30)10-7-11-28-21(12-24-25-28)17-31-22(18)15-26(3)14-20-8-5-4-6-9-20/h4-6,8-9,12,18-19,22,29H,7,10-11,13-17H2,1-3H3/t18-,19+,22-/m0/s1. The van der Waals surface area contributed by atoms with E-state index in [1.54, 1.807) is 6.20 Å². The van der Waals surface area contributed by atoms with Crippen LogP contribution >= 0.6 is 0 Å². The summed E-state index contributed by atoms with van der Waals surface area (Å²) in [5, 5.41) is 17.9. The Morgan fingerprint density at radius 3 is 2.84 bits per heavy atom. The van der Waals surface area contributed by atoms with E-state index in [0.717, 1.165) is 18.8 Å². The maximum absolute atomic E-state index is 12.9. The second-order valence-electron chi connectivity index (χ2n) is 8.64. The Morgan fingerprint density at radius 2 is 2.10 bits per heavy atom. The van der Waals surface area contributed by atoms with Crippen molar-refractivity contribution in [1.29, 1.82) is 0 Å². The van der Waals surface area contributed by atoms with E-state index in [4.69, 9.17) is 4.74 Å². The number of aliphatic hydroxyl groups is 1. The molecule has 0 aliphatic carbocycles. The predicted octanol–water partition coefficient (Wildman–Crippen LogP) is 1.93. The van der Waals surface area contributed by atoms with Crippen LogP contribution in [0.3, 0.4) is 0 Å². The first-order valence-corrected chi connectivity index (χ1v) is 11.1. The van der Waals surface area contributed by atoms with Crippen LogP contribution in [0, 0.1) is 5.92 Å². The first-order chi connectivity index (χ1) is 15.0. The molecule has 1 N–H and O–H groups in total. The molecule has 1 aromatic heterocycles. The highest BCUT2D eigenvalue weighted by molar-refractivity contribution is 5.76. The number of benzene rings is 1. The third-order valence-electron chi connectivity index (χ3n) is 5.93. The third kappa shape index (κ3) is 6.59. The fourth-order valence-electron chi connectivity index (χ4n) is 4.01. The van der Waals surface area contributed by atoms with Crippen LogP contribution in [0.4, 0.5) is 0 Å². The number of aliphatic hydroxyl groups excluding tert-OH is 1. The van der Waals surface area contributed by atoms with Gasteiger partial charge in [-0.25, -0.2) is 4.68 Å². The molecule has 1 aliphatic heterocycles. The number of likely N-dealkylation sites (N-methyl/N-ethyl adjacent to an activating group) is 1. The minimum Gasteiger partial charge on any atom is -0.394 e. The summed E-state index contributed by atoms with van der Waals surface area (Å²) in [4.78, 5) is 17.0. The maximum Gasteiger partial charge on any atom is 0.222 e. The third-order valence-corrected chi connectivity index (χ3v) is 5.93. The lowest BCUT2D eigenvalue weighted by atomic mass is 10.0. The van der Waals surface area contributed by atoms with Crippen molar-refractivity contribution in [3.05, 3.63) is 47.8 Å². The van der Waals surface area contributed by atoms with Gasteiger partial charge in [-0.05, 0) is 26.0 Å². The molecule has 0 spiro atoms. The number of carbonyl (C=O) groups excluding carboxylic acids is 1. The van der Waals surface area contributed by atoms with Crippen molar-refractivity contribution in [1.82, 2.24) is 24.8 Å². The molecule has 31 heavy (non-hydrogen) atoms. The zero-order valence-corrected chi connectivity index (χ0v) is 18.9. The molecule has 1 aliphatic rings. The summed E-state index contributed by atoms with van der Waals surface area (Å²) in [7, 11) is 2.09. The van der Waals surface area contributed by atoms with Gasteiger partial charge in [-0.3, -0.25) is 9.69 Å². The number of amides is 1. The normalized spacial score (nSPS) is 22.0. The molecule has 8 heteroatoms. The van der Waals surface area contributed by atoms with E-state index in [1.165, 1.54) is 5.56 Å². The van der Waals surface area contributed by atoms with Crippen molar-refractivity contribution in [3.8, 4) is 0 Å². The molecule has 0 fully saturated rings. The van der Waals surface area contributed by atoms with E-state index >= 15 is 0 Å². The molecule has 0 saturated carbocycles. The Hall–Kier alpha value is -2.29. The van der Waals surface area contributed by atoms with E-state index in [0.29, 0.717) is 32.5 Å². The van der Waals surface area contributed by atoms with Crippen molar-refractivity contribution in [3.63, 3.8) is 0 Å². The topological polar surface area (TPSA) is 83.7 Å². The Balaban J connectivity index is 1.77. The number of fused-ring (bicyclic) bond motifs is 1. The highest BCUT2D eigenvalue weighted by atomic mass is 16.5. The Bertz CT molecular complexity index is 813. The number of hydrogen-bond donors (Lipinski definition) is 1. The van der Waals surface area contributed by atoms with Gasteiger partial charge in [0, 0.05) is 38.5 Å². The van der Waals surface area contributed by atoms with Crippen LogP contribution in [0.2, 0.25) is 0 Å². The molecule has 0 bridgehead atoms. The van der Waals surface area contributed by atoms with Crippen LogP contribution < -0.4 is 0 Å². The lowest BCUT2D eigenvalue weighted by Crippen LogP contribution is -2.47. The lowest BCUT2D eigenvalue weighted by Gasteiger charge is -2.35. The molecular formula is C23H35N5O3. The molecule has 0 saturated heterocycles. The van der Waals surface area contributed by atoms with Gasteiger partial charge in [0.1, 0.15) is 0 Å². The van der Waals surface area contributed by atoms with Crippen LogP contribution in [0.15, 0.2) is 36.5 Å². The van der Waals surface area contributed by atoms with Gasteiger partial charge in [0.05, 0.1) is 37.3 Å². The Morgan fingerprint density at radius 1 is 1.32 bits per heavy atom. The Kier molecular flexibility index (Phi) is 8.57. The van der Waals surface area contributed by atoms with Crippen molar-refractivity contribution >= 4 is 5.91 Å². The van der Waals surface area contributed by atoms with Crippen molar-refractivity contribution < 1.29 is 14.6 Å². The second-order valence-corrected chi connectivity index (χ2v) is 8.64. The van der Waals surface area contributed by atoms with Crippen LogP contribution in [-0.4, -0.2) is 74.7 Å². The first kappa shape index (κ1) is 23.4. The summed E-state index contributed by atoms with van der Waals surface area (Å²) in [6.45, 7) is 7.13. The molecule has 0 unspecified atom stereocenters. The molecule has 2 heterocycles. The minimum atomic E-state index is -0.220. The molecule has 8 nitrogen and oxygen atoms in total. The molecule has 3 atom stereocenters. The Labute approximate surface area is 184 Å². The molecular weight excluding hydrogens is 394 g/mol. The van der Waals surface area contributed by atoms with Gasteiger partial charge in [0.2, 0.25) is 5.91 Å². The average Bonchev–Trinajstić information content (AvgIpc) is 3.21. The highest BCUT2D eigenvalue weighted by Crippen LogP contribution is 2.18. The van der Waals surface area contributed by atoms with E-state index in [1.807, 2.05) is 34.7 Å². The van der Waals surface area contributed by atoms with Crippen molar-refractivity contribution in [2.24, 2.45) is 5.92 Å². The fraction of sp³-hybridized carbons (Fsp3) is 0.609. The van der Waals surface area contributed by atoms with Gasteiger partial charge in [0.25, 0.3) is 0 Å². The van der Waals surface area contributed by atoms with Crippen LogP contribution in [0.1, 0.15) is 37.9 Å². The number of aryl methyl sites for hydroxylation is 1. The maximum atomic E-state index is 12.9. The zero-order valence-electron chi connectivity index (χ0n) is 18.9. The van der Waals surface area contributed by atoms with E-state index in [-0.39, 0.29) is 30.6 Å². The smallest absolute Gasteiger partial charge is 0.222 e. The number of carbonyl (C=O) groups is 1. The SMILES string of the molecule is C[C@H](CO)N1C[C@H](C)[C@H](CN(C)Cc2ccccc2)OCc2cnnn2CCCC1=O. The molecule has 2 aromatic rings. The first-order valence-electron chi connectivity index (χ1n) is 11.1. The summed E-state index contributed by atoms with van der Waals surface area (Å²) in [5.74, 6) is 0.159. The van der Waals surface area contributed by atoms with Gasteiger partial charge in [0.15, 0.2) is 0 Å². The van der Waals surface area contributed by atoms with Gasteiger partial charge in [-0.2, -0.15) is 0 Å². The van der Waals surface area contributed by atoms with Gasteiger partial charge >= 0.3 is 0 Å². The van der Waals surface area contributed by atoms with Crippen molar-refractivity contribution in [2.45, 2.75) is 58.5 Å². The van der Waals surface area contributed by atoms with Gasteiger partial charge in [-0.15, -0.1) is 5.10 Å². The zero-order chi connectivity index (χ0) is 22.2.